The Kier molecular flexibility index (Phi) is 5.42. The van der Waals surface area contributed by atoms with Crippen molar-refractivity contribution in [1.82, 2.24) is 0 Å². The van der Waals surface area contributed by atoms with Crippen molar-refractivity contribution in [2.45, 2.75) is 0 Å². The largest absolute Gasteiger partial charge is 0.572 e. The molecule has 0 aliphatic carbocycles. The second kappa shape index (κ2) is 4.46. The molecule has 0 saturated heterocycles. The number of hydrogen-bond donors (Lipinski definition) is 0. The van der Waals surface area contributed by atoms with Gasteiger partial charge in [0.25, 0.3) is 0 Å². The van der Waals surface area contributed by atoms with Crippen molar-refractivity contribution in [1.29, 1.82) is 0 Å². The van der Waals surface area contributed by atoms with Gasteiger partial charge in [-0.05, 0) is 0 Å². The zero-order chi connectivity index (χ0) is 4.99. The smallest absolute Gasteiger partial charge is 0.561 e. The Hall–Kier alpha value is 1.30. The van der Waals surface area contributed by atoms with E-state index in [1.807, 2.05) is 0 Å². The minimum absolute atomic E-state index is 1.74. The fraction of sp³-hybridized carbons (Fsp3) is 0. The van der Waals surface area contributed by atoms with Crippen molar-refractivity contribution in [2.75, 3.05) is 0 Å². The van der Waals surface area contributed by atoms with Gasteiger partial charge in [0, 0.05) is 0 Å². The Balaban J connectivity index is 2.63. The standard InChI is InChI=1S/I2O4/c3-1-6-2(4)5. The number of hydrogen-bond acceptors (Lipinski definition) is 4. The van der Waals surface area contributed by atoms with Crippen molar-refractivity contribution in [3.63, 3.8) is 0 Å². The van der Waals surface area contributed by atoms with Crippen LogP contribution in [0.25, 0.3) is 0 Å². The van der Waals surface area contributed by atoms with Gasteiger partial charge < -0.3 is 10.3 Å². The molecular formula is I2O4. The highest BCUT2D eigenvalue weighted by Crippen LogP contribution is 0.648. The third-order valence-corrected chi connectivity index (χ3v) is 3.21. The molecule has 0 fully saturated rings. The molecule has 0 spiro atoms. The van der Waals surface area contributed by atoms with Gasteiger partial charge in [0.05, 0.1) is 0 Å². The molecule has 0 bridgehead atoms. The summed E-state index contributed by atoms with van der Waals surface area (Å²) in [5.74, 6) is 0. The SMILES string of the molecule is [O-][I+]O[I+2]([O-])[O-]. The highest BCUT2D eigenvalue weighted by molar-refractivity contribution is 2.31. The van der Waals surface area contributed by atoms with Crippen molar-refractivity contribution < 1.29 is 54.8 Å². The van der Waals surface area contributed by atoms with Crippen molar-refractivity contribution in [3.05, 3.63) is 0 Å². The van der Waals surface area contributed by atoms with E-state index in [9.17, 15) is 10.3 Å². The zero-order valence-electron chi connectivity index (χ0n) is 2.39. The Morgan fingerprint density at radius 1 is 1.50 bits per heavy atom. The lowest BCUT2D eigenvalue weighted by atomic mass is 16.0. The van der Waals surface area contributed by atoms with Crippen LogP contribution in [0.3, 0.4) is 0 Å². The molecule has 0 amide bonds. The molecule has 4 nitrogen and oxygen atoms in total. The van der Waals surface area contributed by atoms with Crippen LogP contribution in [0.5, 0.6) is 0 Å². The summed E-state index contributed by atoms with van der Waals surface area (Å²) in [5, 5.41) is 0. The van der Waals surface area contributed by atoms with Gasteiger partial charge in [0.15, 0.2) is 0 Å². The Bertz CT molecular complexity index is 26.7. The lowest BCUT2D eigenvalue weighted by molar-refractivity contribution is -1.70. The Morgan fingerprint density at radius 3 is 2.00 bits per heavy atom. The van der Waals surface area contributed by atoms with Crippen LogP contribution in [-0.4, -0.2) is 0 Å². The number of halogens is 2. The van der Waals surface area contributed by atoms with E-state index < -0.39 is 43.1 Å². The van der Waals surface area contributed by atoms with E-state index in [0.29, 0.717) is 0 Å². The van der Waals surface area contributed by atoms with Crippen LogP contribution >= 0.6 is 0 Å². The van der Waals surface area contributed by atoms with E-state index >= 15 is 0 Å². The molecular weight excluding hydrogens is 318 g/mol. The highest BCUT2D eigenvalue weighted by Gasteiger charge is 2.19. The van der Waals surface area contributed by atoms with Crippen LogP contribution in [0.4, 0.5) is 0 Å². The predicted octanol–water partition coefficient (Wildman–Crippen LogP) is -9.63. The third-order valence-electron chi connectivity index (χ3n) is 0.0714. The van der Waals surface area contributed by atoms with Gasteiger partial charge >= 0.3 is 43.1 Å². The summed E-state index contributed by atoms with van der Waals surface area (Å²) in [6.45, 7) is 0. The molecule has 0 aromatic heterocycles. The summed E-state index contributed by atoms with van der Waals surface area (Å²) in [7, 11) is 0. The fourth-order valence-electron chi connectivity index (χ4n) is 0.0194. The lowest BCUT2D eigenvalue weighted by Gasteiger charge is -1.73. The maximum absolute atomic E-state index is 9.33. The van der Waals surface area contributed by atoms with Gasteiger partial charge in [-0.1, -0.05) is 0 Å². The molecule has 0 aromatic rings. The van der Waals surface area contributed by atoms with Crippen molar-refractivity contribution in [3.8, 4) is 0 Å². The molecule has 0 N–H and O–H groups in total. The maximum atomic E-state index is 9.33. The van der Waals surface area contributed by atoms with Gasteiger partial charge in [-0.15, -0.1) is 0 Å². The van der Waals surface area contributed by atoms with Crippen LogP contribution in [-0.2, 0) is 1.40 Å². The molecule has 0 aliphatic heterocycles. The Morgan fingerprint density at radius 2 is 2.00 bits per heavy atom. The topological polar surface area (TPSA) is 78.4 Å². The summed E-state index contributed by atoms with van der Waals surface area (Å²) < 4.78 is 31.6. The van der Waals surface area contributed by atoms with E-state index in [2.05, 4.69) is 1.40 Å². The van der Waals surface area contributed by atoms with Crippen LogP contribution in [0.15, 0.2) is 0 Å². The zero-order valence-corrected chi connectivity index (χ0v) is 6.70. The molecule has 0 atom stereocenters. The van der Waals surface area contributed by atoms with Gasteiger partial charge in [0.2, 0.25) is 1.40 Å². The van der Waals surface area contributed by atoms with E-state index in [-0.39, 0.29) is 0 Å². The van der Waals surface area contributed by atoms with Gasteiger partial charge in [-0.2, -0.15) is 0 Å². The molecule has 0 heterocycles. The van der Waals surface area contributed by atoms with E-state index in [1.54, 1.807) is 0 Å². The van der Waals surface area contributed by atoms with E-state index in [1.165, 1.54) is 0 Å². The van der Waals surface area contributed by atoms with Crippen LogP contribution in [0.1, 0.15) is 0 Å². The first-order valence-corrected chi connectivity index (χ1v) is 5.18. The van der Waals surface area contributed by atoms with Crippen LogP contribution < -0.4 is 53.4 Å². The van der Waals surface area contributed by atoms with Crippen LogP contribution in [0.2, 0.25) is 0 Å². The normalized spacial score (nSPS) is 10.0. The maximum Gasteiger partial charge on any atom is 0.572 e. The van der Waals surface area contributed by atoms with Crippen molar-refractivity contribution in [2.24, 2.45) is 0 Å². The monoisotopic (exact) mass is 318 g/mol. The minimum atomic E-state index is -3.57. The lowest BCUT2D eigenvalue weighted by Crippen LogP contribution is -4.07. The van der Waals surface area contributed by atoms with Gasteiger partial charge in [-0.25, -0.2) is 0 Å². The van der Waals surface area contributed by atoms with Crippen molar-refractivity contribution >= 4 is 0 Å². The average Bonchev–Trinajstić information content (AvgIpc) is 1.35. The first-order chi connectivity index (χ1) is 2.77. The van der Waals surface area contributed by atoms with Crippen LogP contribution in [0, 0.1) is 0 Å². The second-order valence-electron chi connectivity index (χ2n) is 0.310. The average molecular weight is 318 g/mol. The summed E-state index contributed by atoms with van der Waals surface area (Å²) >= 11 is -5.31. The molecule has 0 unspecified atom stereocenters. The third kappa shape index (κ3) is 5.30. The first kappa shape index (κ1) is 7.30. The van der Waals surface area contributed by atoms with Gasteiger partial charge in [-0.3, -0.25) is 0 Å². The summed E-state index contributed by atoms with van der Waals surface area (Å²) in [5.41, 5.74) is 0. The molecule has 6 heteroatoms. The molecule has 0 saturated carbocycles. The molecule has 0 radical (unpaired) electrons. The minimum Gasteiger partial charge on any atom is -0.561 e. The number of rotatable bonds is 2. The molecule has 38 valence electrons. The predicted molar refractivity (Wildman–Crippen MR) is 1.08 cm³/mol. The summed E-state index contributed by atoms with van der Waals surface area (Å²) in [6.07, 6.45) is 0. The summed E-state index contributed by atoms with van der Waals surface area (Å²) in [6, 6.07) is 0. The van der Waals surface area contributed by atoms with E-state index in [0.717, 1.165) is 0 Å². The molecule has 6 heavy (non-hydrogen) atoms. The molecule has 0 rings (SSSR count). The van der Waals surface area contributed by atoms with Gasteiger partial charge in [0.1, 0.15) is 0 Å². The molecule has 0 aromatic carbocycles. The highest BCUT2D eigenvalue weighted by atomic mass is 127. The quantitative estimate of drug-likeness (QED) is 0.474. The second-order valence-corrected chi connectivity index (χ2v) is 4.31. The van der Waals surface area contributed by atoms with E-state index in [4.69, 9.17) is 0 Å². The fourth-order valence-corrected chi connectivity index (χ4v) is 0.875. The Labute approximate surface area is 54.5 Å². The summed E-state index contributed by atoms with van der Waals surface area (Å²) in [4.78, 5) is 0. The first-order valence-electron chi connectivity index (χ1n) is 0.772. The molecule has 0 aliphatic rings.